The van der Waals surface area contributed by atoms with Crippen molar-refractivity contribution in [2.75, 3.05) is 18.0 Å². The summed E-state index contributed by atoms with van der Waals surface area (Å²) in [6.07, 6.45) is 4.17. The summed E-state index contributed by atoms with van der Waals surface area (Å²) in [5.74, 6) is 0.757. The Morgan fingerprint density at radius 3 is 2.88 bits per heavy atom. The second-order valence-corrected chi connectivity index (χ2v) is 6.85. The number of para-hydroxylation sites is 1. The van der Waals surface area contributed by atoms with Crippen LogP contribution in [0.4, 0.5) is 5.69 Å². The minimum Gasteiger partial charge on any atom is -0.368 e. The average Bonchev–Trinajstić information content (AvgIpc) is 3.11. The molecule has 0 spiro atoms. The van der Waals surface area contributed by atoms with Crippen molar-refractivity contribution in [1.29, 1.82) is 0 Å². The highest BCUT2D eigenvalue weighted by atomic mass is 15.3. The van der Waals surface area contributed by atoms with Gasteiger partial charge < -0.3 is 10.6 Å². The number of aromatic nitrogens is 4. The highest BCUT2D eigenvalue weighted by Crippen LogP contribution is 2.29. The van der Waals surface area contributed by atoms with Crippen molar-refractivity contribution in [3.8, 4) is 11.5 Å². The number of benzene rings is 1. The van der Waals surface area contributed by atoms with E-state index in [1.54, 1.807) is 0 Å². The fraction of sp³-hybridized carbons (Fsp3) is 0.250. The van der Waals surface area contributed by atoms with E-state index < -0.39 is 0 Å². The molecule has 3 aromatic heterocycles. The summed E-state index contributed by atoms with van der Waals surface area (Å²) >= 11 is 0. The predicted octanol–water partition coefficient (Wildman–Crippen LogP) is 2.87. The Balaban J connectivity index is 1.66. The van der Waals surface area contributed by atoms with E-state index in [9.17, 15) is 0 Å². The highest BCUT2D eigenvalue weighted by Gasteiger charge is 2.19. The van der Waals surface area contributed by atoms with Gasteiger partial charge in [-0.05, 0) is 37.1 Å². The van der Waals surface area contributed by atoms with Crippen molar-refractivity contribution in [3.63, 3.8) is 0 Å². The van der Waals surface area contributed by atoms with Gasteiger partial charge in [-0.15, -0.1) is 10.2 Å². The van der Waals surface area contributed by atoms with Crippen LogP contribution in [-0.2, 0) is 0 Å². The van der Waals surface area contributed by atoms with E-state index in [0.29, 0.717) is 0 Å². The first-order valence-corrected chi connectivity index (χ1v) is 9.00. The van der Waals surface area contributed by atoms with Crippen LogP contribution in [0.5, 0.6) is 0 Å². The molecule has 1 atom stereocenters. The average molecular weight is 344 g/mol. The van der Waals surface area contributed by atoms with Crippen molar-refractivity contribution in [2.24, 2.45) is 5.73 Å². The number of hydrogen-bond acceptors (Lipinski definition) is 5. The van der Waals surface area contributed by atoms with E-state index in [4.69, 9.17) is 10.7 Å². The van der Waals surface area contributed by atoms with Crippen LogP contribution in [0.15, 0.2) is 54.7 Å². The van der Waals surface area contributed by atoms with Crippen molar-refractivity contribution in [1.82, 2.24) is 19.6 Å². The first kappa shape index (κ1) is 15.3. The molecule has 1 aliphatic rings. The van der Waals surface area contributed by atoms with Crippen LogP contribution in [0.1, 0.15) is 12.8 Å². The van der Waals surface area contributed by atoms with Gasteiger partial charge in [0.25, 0.3) is 0 Å². The van der Waals surface area contributed by atoms with E-state index in [1.807, 2.05) is 34.9 Å². The third-order valence-electron chi connectivity index (χ3n) is 5.04. The van der Waals surface area contributed by atoms with Gasteiger partial charge in [0.2, 0.25) is 0 Å². The Hall–Kier alpha value is -2.99. The van der Waals surface area contributed by atoms with E-state index in [0.717, 1.165) is 59.7 Å². The smallest absolute Gasteiger partial charge is 0.187 e. The maximum Gasteiger partial charge on any atom is 0.187 e. The molecule has 0 radical (unpaired) electrons. The molecule has 4 heterocycles. The summed E-state index contributed by atoms with van der Waals surface area (Å²) in [7, 11) is 0. The fourth-order valence-corrected chi connectivity index (χ4v) is 3.76. The molecule has 0 unspecified atom stereocenters. The van der Waals surface area contributed by atoms with E-state index in [2.05, 4.69) is 39.4 Å². The third kappa shape index (κ3) is 2.50. The van der Waals surface area contributed by atoms with Crippen LogP contribution < -0.4 is 10.6 Å². The third-order valence-corrected chi connectivity index (χ3v) is 5.04. The predicted molar refractivity (Wildman–Crippen MR) is 103 cm³/mol. The molecule has 1 aliphatic heterocycles. The van der Waals surface area contributed by atoms with Crippen LogP contribution in [0, 0.1) is 0 Å². The number of fused-ring (bicyclic) bond motifs is 2. The number of anilines is 1. The minimum absolute atomic E-state index is 0.225. The quantitative estimate of drug-likeness (QED) is 0.605. The van der Waals surface area contributed by atoms with Crippen molar-refractivity contribution >= 4 is 22.2 Å². The Morgan fingerprint density at radius 1 is 1.00 bits per heavy atom. The number of nitrogens with two attached hydrogens (primary N) is 1. The molecule has 1 aromatic carbocycles. The van der Waals surface area contributed by atoms with Gasteiger partial charge in [-0.2, -0.15) is 0 Å². The van der Waals surface area contributed by atoms with Gasteiger partial charge in [0.15, 0.2) is 11.5 Å². The van der Waals surface area contributed by atoms with Crippen molar-refractivity contribution in [2.45, 2.75) is 18.9 Å². The maximum absolute atomic E-state index is 6.19. The first-order valence-electron chi connectivity index (χ1n) is 9.00. The van der Waals surface area contributed by atoms with E-state index in [-0.39, 0.29) is 6.04 Å². The molecule has 4 aromatic rings. The molecule has 5 rings (SSSR count). The van der Waals surface area contributed by atoms with Crippen molar-refractivity contribution in [3.05, 3.63) is 54.7 Å². The maximum atomic E-state index is 6.19. The number of piperidine rings is 1. The summed E-state index contributed by atoms with van der Waals surface area (Å²) in [6.45, 7) is 1.89. The molecule has 0 saturated carbocycles. The fourth-order valence-electron chi connectivity index (χ4n) is 3.76. The zero-order valence-electron chi connectivity index (χ0n) is 14.4. The summed E-state index contributed by atoms with van der Waals surface area (Å²) in [6, 6.07) is 16.5. The standard InChI is InChI=1S/C20H20N6/c21-15-6-4-11-25(13-15)17-7-3-5-14-9-10-16(22-19(14)17)20-24-23-18-8-1-2-12-26(18)20/h1-3,5,7-10,12,15H,4,6,11,13,21H2/t15-/m0/s1. The lowest BCUT2D eigenvalue weighted by Crippen LogP contribution is -2.42. The molecule has 0 amide bonds. The molecular formula is C20H20N6. The van der Waals surface area contributed by atoms with Gasteiger partial charge in [-0.3, -0.25) is 4.40 Å². The molecule has 130 valence electrons. The Labute approximate surface area is 151 Å². The Morgan fingerprint density at radius 2 is 1.96 bits per heavy atom. The molecule has 2 N–H and O–H groups in total. The Bertz CT molecular complexity index is 1090. The molecule has 6 nitrogen and oxygen atoms in total. The zero-order valence-corrected chi connectivity index (χ0v) is 14.4. The van der Waals surface area contributed by atoms with E-state index in [1.165, 1.54) is 0 Å². The molecule has 0 bridgehead atoms. The number of pyridine rings is 2. The van der Waals surface area contributed by atoms with Gasteiger partial charge in [-0.25, -0.2) is 4.98 Å². The lowest BCUT2D eigenvalue weighted by atomic mass is 10.0. The SMILES string of the molecule is N[C@H]1CCCN(c2cccc3ccc(-c4nnc5ccccn45)nc23)C1. The number of hydrogen-bond donors (Lipinski definition) is 1. The largest absolute Gasteiger partial charge is 0.368 e. The number of nitrogens with zero attached hydrogens (tertiary/aromatic N) is 5. The minimum atomic E-state index is 0.225. The van der Waals surface area contributed by atoms with Crippen molar-refractivity contribution < 1.29 is 0 Å². The highest BCUT2D eigenvalue weighted by molar-refractivity contribution is 5.92. The van der Waals surface area contributed by atoms with Gasteiger partial charge in [0.05, 0.1) is 11.2 Å². The second-order valence-electron chi connectivity index (χ2n) is 6.85. The summed E-state index contributed by atoms with van der Waals surface area (Å²) < 4.78 is 1.97. The molecular weight excluding hydrogens is 324 g/mol. The topological polar surface area (TPSA) is 72.3 Å². The number of rotatable bonds is 2. The second kappa shape index (κ2) is 6.07. The van der Waals surface area contributed by atoms with Crippen LogP contribution in [0.2, 0.25) is 0 Å². The molecule has 0 aliphatic carbocycles. The Kier molecular flexibility index (Phi) is 3.57. The van der Waals surface area contributed by atoms with Gasteiger partial charge in [0, 0.05) is 30.7 Å². The molecule has 1 fully saturated rings. The van der Waals surface area contributed by atoms with Gasteiger partial charge in [-0.1, -0.05) is 24.3 Å². The van der Waals surface area contributed by atoms with Crippen LogP contribution in [0.25, 0.3) is 28.1 Å². The monoisotopic (exact) mass is 344 g/mol. The summed E-state index contributed by atoms with van der Waals surface area (Å²) in [5, 5.41) is 9.71. The van der Waals surface area contributed by atoms with E-state index >= 15 is 0 Å². The summed E-state index contributed by atoms with van der Waals surface area (Å²) in [4.78, 5) is 7.32. The molecule has 1 saturated heterocycles. The molecule has 6 heteroatoms. The lowest BCUT2D eigenvalue weighted by molar-refractivity contribution is 0.507. The van der Waals surface area contributed by atoms with Gasteiger partial charge >= 0.3 is 0 Å². The molecule has 26 heavy (non-hydrogen) atoms. The first-order chi connectivity index (χ1) is 12.8. The van der Waals surface area contributed by atoms with Crippen LogP contribution in [-0.4, -0.2) is 38.7 Å². The van der Waals surface area contributed by atoms with Crippen LogP contribution in [0.3, 0.4) is 0 Å². The summed E-state index contributed by atoms with van der Waals surface area (Å²) in [5.41, 5.74) is 9.97. The van der Waals surface area contributed by atoms with Crippen LogP contribution >= 0.6 is 0 Å². The zero-order chi connectivity index (χ0) is 17.5. The normalized spacial score (nSPS) is 17.9. The lowest BCUT2D eigenvalue weighted by Gasteiger charge is -2.33. The van der Waals surface area contributed by atoms with Gasteiger partial charge in [0.1, 0.15) is 5.69 Å².